The molecule has 15 heavy (non-hydrogen) atoms. The van der Waals surface area contributed by atoms with Crippen LogP contribution in [0.25, 0.3) is 0 Å². The summed E-state index contributed by atoms with van der Waals surface area (Å²) in [7, 11) is 0. The number of hydrogen-bond donors (Lipinski definition) is 2. The fourth-order valence-corrected chi connectivity index (χ4v) is 2.35. The highest BCUT2D eigenvalue weighted by Gasteiger charge is 2.15. The van der Waals surface area contributed by atoms with Gasteiger partial charge in [0.25, 0.3) is 0 Å². The molecule has 3 heteroatoms. The first-order chi connectivity index (χ1) is 7.36. The Morgan fingerprint density at radius 2 is 2.27 bits per heavy atom. The summed E-state index contributed by atoms with van der Waals surface area (Å²) in [6, 6.07) is 0.349. The summed E-state index contributed by atoms with van der Waals surface area (Å²) in [5.41, 5.74) is 0. The van der Waals surface area contributed by atoms with E-state index in [9.17, 15) is 0 Å². The summed E-state index contributed by atoms with van der Waals surface area (Å²) in [5.74, 6) is 1.93. The van der Waals surface area contributed by atoms with Crippen molar-refractivity contribution >= 4 is 0 Å². The van der Waals surface area contributed by atoms with Gasteiger partial charge in [0.05, 0.1) is 6.04 Å². The Bertz CT molecular complexity index is 262. The van der Waals surface area contributed by atoms with Crippen LogP contribution in [0.5, 0.6) is 0 Å². The van der Waals surface area contributed by atoms with Crippen molar-refractivity contribution in [3.05, 3.63) is 18.2 Å². The Labute approximate surface area is 91.7 Å². The van der Waals surface area contributed by atoms with Crippen LogP contribution in [-0.2, 0) is 0 Å². The molecule has 2 N–H and O–H groups in total. The summed E-state index contributed by atoms with van der Waals surface area (Å²) in [6.07, 6.45) is 10.8. The number of aromatic amines is 1. The summed E-state index contributed by atoms with van der Waals surface area (Å²) in [4.78, 5) is 7.41. The maximum absolute atomic E-state index is 4.26. The predicted octanol–water partition coefficient (Wildman–Crippen LogP) is 2.64. The molecule has 0 aliphatic heterocycles. The smallest absolute Gasteiger partial charge is 0.122 e. The first-order valence-corrected chi connectivity index (χ1v) is 6.09. The Morgan fingerprint density at radius 1 is 1.47 bits per heavy atom. The first-order valence-electron chi connectivity index (χ1n) is 6.09. The molecule has 0 aromatic carbocycles. The van der Waals surface area contributed by atoms with Gasteiger partial charge < -0.3 is 10.3 Å². The third-order valence-electron chi connectivity index (χ3n) is 3.37. The zero-order chi connectivity index (χ0) is 10.5. The number of rotatable bonds is 4. The number of aromatic nitrogens is 2. The van der Waals surface area contributed by atoms with Crippen molar-refractivity contribution in [3.63, 3.8) is 0 Å². The van der Waals surface area contributed by atoms with Crippen LogP contribution in [0.4, 0.5) is 0 Å². The van der Waals surface area contributed by atoms with Crippen molar-refractivity contribution in [1.82, 2.24) is 15.3 Å². The molecular formula is C12H21N3. The molecule has 1 aromatic rings. The van der Waals surface area contributed by atoms with E-state index in [-0.39, 0.29) is 0 Å². The molecule has 0 spiro atoms. The molecule has 2 rings (SSSR count). The van der Waals surface area contributed by atoms with Gasteiger partial charge in [0, 0.05) is 12.4 Å². The molecular weight excluding hydrogens is 186 g/mol. The van der Waals surface area contributed by atoms with Gasteiger partial charge in [-0.25, -0.2) is 4.98 Å². The summed E-state index contributed by atoms with van der Waals surface area (Å²) in [5, 5.41) is 3.56. The van der Waals surface area contributed by atoms with E-state index >= 15 is 0 Å². The number of imidazole rings is 1. The minimum Gasteiger partial charge on any atom is -0.347 e. The lowest BCUT2D eigenvalue weighted by Crippen LogP contribution is -2.27. The van der Waals surface area contributed by atoms with Crippen molar-refractivity contribution in [2.45, 2.75) is 45.1 Å². The van der Waals surface area contributed by atoms with Crippen LogP contribution in [0.2, 0.25) is 0 Å². The van der Waals surface area contributed by atoms with Gasteiger partial charge in [-0.3, -0.25) is 0 Å². The summed E-state index contributed by atoms with van der Waals surface area (Å²) >= 11 is 0. The second-order valence-corrected chi connectivity index (χ2v) is 4.61. The van der Waals surface area contributed by atoms with E-state index in [0.29, 0.717) is 6.04 Å². The van der Waals surface area contributed by atoms with Crippen LogP contribution in [0.3, 0.4) is 0 Å². The molecule has 0 saturated heterocycles. The minimum atomic E-state index is 0.349. The third-order valence-corrected chi connectivity index (χ3v) is 3.37. The van der Waals surface area contributed by atoms with E-state index in [1.54, 1.807) is 0 Å². The topological polar surface area (TPSA) is 40.7 Å². The number of nitrogens with one attached hydrogen (secondary N) is 2. The average Bonchev–Trinajstić information content (AvgIpc) is 2.81. The molecule has 0 bridgehead atoms. The largest absolute Gasteiger partial charge is 0.347 e. The lowest BCUT2D eigenvalue weighted by atomic mass is 9.89. The lowest BCUT2D eigenvalue weighted by molar-refractivity contribution is 0.329. The fraction of sp³-hybridized carbons (Fsp3) is 0.750. The Morgan fingerprint density at radius 3 is 2.93 bits per heavy atom. The maximum Gasteiger partial charge on any atom is 0.122 e. The molecule has 1 fully saturated rings. The van der Waals surface area contributed by atoms with Gasteiger partial charge in [-0.2, -0.15) is 0 Å². The standard InChI is InChI=1S/C12H21N3/c1-10(12-13-7-8-14-12)15-9-11-5-3-2-4-6-11/h7-8,10-11,15H,2-6,9H2,1H3,(H,13,14). The van der Waals surface area contributed by atoms with Gasteiger partial charge in [0.2, 0.25) is 0 Å². The Kier molecular flexibility index (Phi) is 3.78. The van der Waals surface area contributed by atoms with Crippen molar-refractivity contribution in [2.75, 3.05) is 6.54 Å². The normalized spacial score (nSPS) is 20.3. The molecule has 1 atom stereocenters. The van der Waals surface area contributed by atoms with Crippen LogP contribution >= 0.6 is 0 Å². The number of hydrogen-bond acceptors (Lipinski definition) is 2. The minimum absolute atomic E-state index is 0.349. The van der Waals surface area contributed by atoms with Gasteiger partial charge in [0.15, 0.2) is 0 Å². The Hall–Kier alpha value is -0.830. The van der Waals surface area contributed by atoms with E-state index in [1.165, 1.54) is 32.1 Å². The molecule has 1 heterocycles. The van der Waals surface area contributed by atoms with Gasteiger partial charge in [-0.05, 0) is 32.2 Å². The predicted molar refractivity (Wildman–Crippen MR) is 61.6 cm³/mol. The molecule has 1 aliphatic rings. The van der Waals surface area contributed by atoms with Crippen molar-refractivity contribution in [1.29, 1.82) is 0 Å². The molecule has 0 amide bonds. The zero-order valence-corrected chi connectivity index (χ0v) is 9.50. The molecule has 3 nitrogen and oxygen atoms in total. The van der Waals surface area contributed by atoms with Gasteiger partial charge >= 0.3 is 0 Å². The second kappa shape index (κ2) is 5.31. The van der Waals surface area contributed by atoms with E-state index < -0.39 is 0 Å². The highest BCUT2D eigenvalue weighted by Crippen LogP contribution is 2.23. The van der Waals surface area contributed by atoms with E-state index in [1.807, 2.05) is 12.4 Å². The van der Waals surface area contributed by atoms with E-state index in [4.69, 9.17) is 0 Å². The number of nitrogens with zero attached hydrogens (tertiary/aromatic N) is 1. The number of H-pyrrole nitrogens is 1. The molecule has 1 saturated carbocycles. The van der Waals surface area contributed by atoms with Crippen LogP contribution < -0.4 is 5.32 Å². The van der Waals surface area contributed by atoms with Crippen LogP contribution in [-0.4, -0.2) is 16.5 Å². The van der Waals surface area contributed by atoms with Gasteiger partial charge in [-0.1, -0.05) is 19.3 Å². The van der Waals surface area contributed by atoms with Gasteiger partial charge in [-0.15, -0.1) is 0 Å². The highest BCUT2D eigenvalue weighted by molar-refractivity contribution is 4.93. The summed E-state index contributed by atoms with van der Waals surface area (Å²) < 4.78 is 0. The quantitative estimate of drug-likeness (QED) is 0.797. The van der Waals surface area contributed by atoms with Crippen molar-refractivity contribution in [3.8, 4) is 0 Å². The molecule has 0 radical (unpaired) electrons. The first kappa shape index (κ1) is 10.7. The fourth-order valence-electron chi connectivity index (χ4n) is 2.35. The molecule has 1 aliphatic carbocycles. The van der Waals surface area contributed by atoms with Crippen molar-refractivity contribution < 1.29 is 0 Å². The second-order valence-electron chi connectivity index (χ2n) is 4.61. The van der Waals surface area contributed by atoms with Crippen LogP contribution in [0.15, 0.2) is 12.4 Å². The maximum atomic E-state index is 4.26. The summed E-state index contributed by atoms with van der Waals surface area (Å²) in [6.45, 7) is 3.31. The zero-order valence-electron chi connectivity index (χ0n) is 9.50. The van der Waals surface area contributed by atoms with E-state index in [2.05, 4.69) is 22.2 Å². The average molecular weight is 207 g/mol. The van der Waals surface area contributed by atoms with Gasteiger partial charge in [0.1, 0.15) is 5.82 Å². The third kappa shape index (κ3) is 3.06. The molecule has 84 valence electrons. The SMILES string of the molecule is CC(NCC1CCCCC1)c1ncc[nH]1. The highest BCUT2D eigenvalue weighted by atomic mass is 15.0. The molecule has 1 aromatic heterocycles. The molecule has 1 unspecified atom stereocenters. The van der Waals surface area contributed by atoms with Crippen molar-refractivity contribution in [2.24, 2.45) is 5.92 Å². The lowest BCUT2D eigenvalue weighted by Gasteiger charge is -2.23. The van der Waals surface area contributed by atoms with Crippen LogP contribution in [0, 0.1) is 5.92 Å². The monoisotopic (exact) mass is 207 g/mol. The van der Waals surface area contributed by atoms with Crippen LogP contribution in [0.1, 0.15) is 50.9 Å². The van der Waals surface area contributed by atoms with E-state index in [0.717, 1.165) is 18.3 Å². The Balaban J connectivity index is 1.73.